The van der Waals surface area contributed by atoms with Gasteiger partial charge in [-0.2, -0.15) is 0 Å². The summed E-state index contributed by atoms with van der Waals surface area (Å²) < 4.78 is 2.66. The Morgan fingerprint density at radius 1 is 0.508 bits per heavy atom. The third-order valence-corrected chi connectivity index (χ3v) is 15.1. The van der Waals surface area contributed by atoms with Crippen molar-refractivity contribution in [3.8, 4) is 44.5 Å². The maximum Gasteiger partial charge on any atom is 0.0543 e. The van der Waals surface area contributed by atoms with E-state index in [-0.39, 0.29) is 10.8 Å². The lowest BCUT2D eigenvalue weighted by Crippen LogP contribution is -2.17. The van der Waals surface area contributed by atoms with E-state index in [1.807, 2.05) is 11.3 Å². The van der Waals surface area contributed by atoms with Crippen LogP contribution in [0.15, 0.2) is 188 Å². The van der Waals surface area contributed by atoms with Crippen molar-refractivity contribution in [2.45, 2.75) is 58.8 Å². The van der Waals surface area contributed by atoms with Crippen LogP contribution in [0.4, 0.5) is 17.1 Å². The van der Waals surface area contributed by atoms with E-state index >= 15 is 0 Å². The second-order valence-electron chi connectivity index (χ2n) is 18.3. The molecule has 0 aliphatic heterocycles. The molecule has 0 bridgehead atoms. The molecule has 0 spiro atoms. The van der Waals surface area contributed by atoms with Crippen LogP contribution >= 0.6 is 11.3 Å². The summed E-state index contributed by atoms with van der Waals surface area (Å²) in [6, 6.07) is 64.1. The molecule has 0 fully saturated rings. The lowest BCUT2D eigenvalue weighted by atomic mass is 9.79. The van der Waals surface area contributed by atoms with Crippen molar-refractivity contribution in [2.24, 2.45) is 0 Å². The van der Waals surface area contributed by atoms with Crippen molar-refractivity contribution < 1.29 is 0 Å². The first-order valence-corrected chi connectivity index (χ1v) is 23.3. The molecule has 2 aliphatic carbocycles. The first-order valence-electron chi connectivity index (χ1n) is 22.4. The maximum absolute atomic E-state index is 2.54. The van der Waals surface area contributed by atoms with Crippen LogP contribution in [0.1, 0.15) is 75.8 Å². The van der Waals surface area contributed by atoms with Gasteiger partial charge in [-0.15, -0.1) is 11.3 Å². The van der Waals surface area contributed by atoms with Crippen LogP contribution in [0.2, 0.25) is 0 Å². The molecule has 0 atom stereocenters. The molecule has 11 rings (SSSR count). The Bertz CT molecular complexity index is 3300. The van der Waals surface area contributed by atoms with Crippen LogP contribution in [0.3, 0.4) is 0 Å². The number of rotatable bonds is 8. The summed E-state index contributed by atoms with van der Waals surface area (Å²) in [6.45, 7) is 13.9. The average Bonchev–Trinajstić information content (AvgIpc) is 3.88. The van der Waals surface area contributed by atoms with Crippen LogP contribution in [-0.4, -0.2) is 0 Å². The lowest BCUT2D eigenvalue weighted by molar-refractivity contribution is 0.652. The smallest absolute Gasteiger partial charge is 0.0543 e. The topological polar surface area (TPSA) is 3.24 Å². The summed E-state index contributed by atoms with van der Waals surface area (Å²) >= 11 is 1.87. The Labute approximate surface area is 376 Å². The summed E-state index contributed by atoms with van der Waals surface area (Å²) in [5.74, 6) is 0. The first-order chi connectivity index (χ1) is 30.6. The molecule has 2 aliphatic rings. The molecule has 0 unspecified atom stereocenters. The molecular formula is C61H51NS. The predicted molar refractivity (Wildman–Crippen MR) is 273 cm³/mol. The van der Waals surface area contributed by atoms with Gasteiger partial charge in [0.2, 0.25) is 0 Å². The molecule has 9 aromatic rings. The quantitative estimate of drug-likeness (QED) is 0.138. The van der Waals surface area contributed by atoms with E-state index in [2.05, 4.69) is 235 Å². The number of hydrogen-bond donors (Lipinski definition) is 0. The second-order valence-corrected chi connectivity index (χ2v) is 19.4. The van der Waals surface area contributed by atoms with Crippen molar-refractivity contribution in [3.05, 3.63) is 216 Å². The van der Waals surface area contributed by atoms with E-state index in [4.69, 9.17) is 0 Å². The molecule has 0 N–H and O–H groups in total. The van der Waals surface area contributed by atoms with Gasteiger partial charge in [0.1, 0.15) is 0 Å². The zero-order chi connectivity index (χ0) is 43.0. The zero-order valence-electron chi connectivity index (χ0n) is 37.0. The molecule has 8 aromatic carbocycles. The Kier molecular flexibility index (Phi) is 9.30. The summed E-state index contributed by atoms with van der Waals surface area (Å²) in [6.07, 6.45) is 7.62. The van der Waals surface area contributed by atoms with Crippen LogP contribution in [0.5, 0.6) is 0 Å². The fourth-order valence-corrected chi connectivity index (χ4v) is 11.7. The number of benzene rings is 8. The lowest BCUT2D eigenvalue weighted by Gasteiger charge is -2.29. The van der Waals surface area contributed by atoms with E-state index in [0.29, 0.717) is 0 Å². The van der Waals surface area contributed by atoms with Gasteiger partial charge in [-0.25, -0.2) is 0 Å². The number of hydrogen-bond acceptors (Lipinski definition) is 2. The molecule has 1 heterocycles. The van der Waals surface area contributed by atoms with Crippen molar-refractivity contribution in [2.75, 3.05) is 4.90 Å². The first kappa shape index (κ1) is 39.1. The Morgan fingerprint density at radius 3 is 1.79 bits per heavy atom. The van der Waals surface area contributed by atoms with E-state index < -0.39 is 0 Å². The highest BCUT2D eigenvalue weighted by Gasteiger charge is 2.43. The summed E-state index contributed by atoms with van der Waals surface area (Å²) in [5, 5.41) is 2.65. The molecule has 0 saturated carbocycles. The van der Waals surface area contributed by atoms with Crippen LogP contribution < -0.4 is 4.90 Å². The normalized spacial score (nSPS) is 14.5. The average molecular weight is 830 g/mol. The minimum Gasteiger partial charge on any atom is -0.310 e. The van der Waals surface area contributed by atoms with Gasteiger partial charge < -0.3 is 4.90 Å². The zero-order valence-corrected chi connectivity index (χ0v) is 37.8. The molecular weight excluding hydrogens is 779 g/mol. The molecule has 0 amide bonds. The molecule has 1 nitrogen and oxygen atoms in total. The van der Waals surface area contributed by atoms with Gasteiger partial charge >= 0.3 is 0 Å². The molecule has 0 saturated heterocycles. The van der Waals surface area contributed by atoms with E-state index in [0.717, 1.165) is 17.8 Å². The summed E-state index contributed by atoms with van der Waals surface area (Å²) in [5.41, 5.74) is 21.5. The van der Waals surface area contributed by atoms with E-state index in [1.54, 1.807) is 0 Å². The van der Waals surface area contributed by atoms with Crippen molar-refractivity contribution in [1.29, 1.82) is 0 Å². The Balaban J connectivity index is 1.04. The predicted octanol–water partition coefficient (Wildman–Crippen LogP) is 17.8. The van der Waals surface area contributed by atoms with Gasteiger partial charge in [0.15, 0.2) is 0 Å². The van der Waals surface area contributed by atoms with Gasteiger partial charge in [0, 0.05) is 47.9 Å². The van der Waals surface area contributed by atoms with E-state index in [9.17, 15) is 0 Å². The number of nitrogens with zero attached hydrogens (tertiary/aromatic N) is 1. The SMILES string of the molecule is C/C=C\C(=C/CC)c1ccc(-c2ccc(N(c3ccc(-c4ccc5sc6ccccc6c5c4)cc3)c3cccc4c3-c3cc5c(cc3C4(C)C)-c3ccccc3C5(C)C)cc2)cc1. The van der Waals surface area contributed by atoms with Gasteiger partial charge in [-0.3, -0.25) is 0 Å². The third-order valence-electron chi connectivity index (χ3n) is 13.9. The molecule has 1 aromatic heterocycles. The maximum atomic E-state index is 2.54. The van der Waals surface area contributed by atoms with Crippen molar-refractivity contribution in [1.82, 2.24) is 0 Å². The standard InChI is InChI=1S/C61H51NS/c1-7-14-39(15-8-2)40-22-24-41(25-23-40)42-26-31-45(32-27-42)62(46-33-28-43(29-34-46)44-30-35-58-50(36-44)48-17-10-12-21-57(48)63-58)56-20-13-19-53-59(56)51-38-54-49(37-55(51)61(53,5)6)47-16-9-11-18-52(47)60(54,3)4/h7,9-38H,8H2,1-6H3/b14-7-,39-15+. The number of anilines is 3. The number of allylic oxidation sites excluding steroid dienone is 4. The highest BCUT2D eigenvalue weighted by atomic mass is 32.1. The van der Waals surface area contributed by atoms with Crippen LogP contribution in [-0.2, 0) is 10.8 Å². The highest BCUT2D eigenvalue weighted by Crippen LogP contribution is 2.59. The molecule has 306 valence electrons. The minimum atomic E-state index is -0.174. The van der Waals surface area contributed by atoms with Gasteiger partial charge in [-0.1, -0.05) is 162 Å². The minimum absolute atomic E-state index is 0.0920. The Morgan fingerprint density at radius 2 is 1.08 bits per heavy atom. The van der Waals surface area contributed by atoms with Crippen LogP contribution in [0.25, 0.3) is 70.3 Å². The van der Waals surface area contributed by atoms with Gasteiger partial charge in [-0.05, 0) is 146 Å². The van der Waals surface area contributed by atoms with Crippen LogP contribution in [0, 0.1) is 0 Å². The second kappa shape index (κ2) is 15.0. The largest absolute Gasteiger partial charge is 0.310 e. The fraction of sp³-hybridized carbons (Fsp3) is 0.148. The number of thiophene rings is 1. The highest BCUT2D eigenvalue weighted by molar-refractivity contribution is 7.25. The molecule has 2 heteroatoms. The van der Waals surface area contributed by atoms with Gasteiger partial charge in [0.25, 0.3) is 0 Å². The van der Waals surface area contributed by atoms with Gasteiger partial charge in [0.05, 0.1) is 5.69 Å². The monoisotopic (exact) mass is 829 g/mol. The number of fused-ring (bicyclic) bond motifs is 9. The summed E-state index contributed by atoms with van der Waals surface area (Å²) in [7, 11) is 0. The Hall–Kier alpha value is -6.74. The molecule has 0 radical (unpaired) electrons. The molecule has 63 heavy (non-hydrogen) atoms. The fourth-order valence-electron chi connectivity index (χ4n) is 10.6. The van der Waals surface area contributed by atoms with Crippen molar-refractivity contribution >= 4 is 54.1 Å². The third kappa shape index (κ3) is 6.26. The van der Waals surface area contributed by atoms with Crippen molar-refractivity contribution in [3.63, 3.8) is 0 Å². The summed E-state index contributed by atoms with van der Waals surface area (Å²) in [4.78, 5) is 2.49. The van der Waals surface area contributed by atoms with E-state index in [1.165, 1.54) is 104 Å².